The highest BCUT2D eigenvalue weighted by Crippen LogP contribution is 2.23. The first-order valence-electron chi connectivity index (χ1n) is 13.7. The van der Waals surface area contributed by atoms with E-state index in [0.717, 1.165) is 5.56 Å². The van der Waals surface area contributed by atoms with Crippen molar-refractivity contribution >= 4 is 21.7 Å². The number of unbranched alkanes of at least 4 members (excludes halogenated alkanes) is 1. The van der Waals surface area contributed by atoms with Crippen LogP contribution in [0.2, 0.25) is 0 Å². The Morgan fingerprint density at radius 2 is 1.76 bits per heavy atom. The molecule has 0 saturated carbocycles. The van der Waals surface area contributed by atoms with Gasteiger partial charge >= 0.3 is 6.03 Å². The minimum atomic E-state index is -3.84. The number of nitrogens with one attached hydrogen (secondary N) is 1. The summed E-state index contributed by atoms with van der Waals surface area (Å²) in [4.78, 5) is 18.9. The van der Waals surface area contributed by atoms with E-state index in [0.29, 0.717) is 43.6 Å². The first kappa shape index (κ1) is 32.0. The van der Waals surface area contributed by atoms with E-state index < -0.39 is 16.1 Å². The van der Waals surface area contributed by atoms with Crippen LogP contribution in [0.1, 0.15) is 44.2 Å². The molecule has 0 aliphatic heterocycles. The number of nitrogens with two attached hydrogens (primary N) is 1. The second-order valence-corrected chi connectivity index (χ2v) is 12.3. The zero-order chi connectivity index (χ0) is 29.8. The molecule has 1 atom stereocenters. The average molecular weight is 586 g/mol. The van der Waals surface area contributed by atoms with E-state index >= 15 is 0 Å². The van der Waals surface area contributed by atoms with E-state index in [1.54, 1.807) is 47.6 Å². The van der Waals surface area contributed by atoms with Gasteiger partial charge in [-0.25, -0.2) is 17.6 Å². The van der Waals surface area contributed by atoms with Gasteiger partial charge in [-0.2, -0.15) is 4.31 Å². The summed E-state index contributed by atoms with van der Waals surface area (Å²) in [5.74, 6) is -0.316. The van der Waals surface area contributed by atoms with Crippen molar-refractivity contribution in [2.75, 3.05) is 25.4 Å². The number of pyridine rings is 1. The maximum atomic E-state index is 13.7. The van der Waals surface area contributed by atoms with Crippen molar-refractivity contribution in [2.24, 2.45) is 5.92 Å². The Labute approximate surface area is 242 Å². The highest BCUT2D eigenvalue weighted by molar-refractivity contribution is 7.89. The average Bonchev–Trinajstić information content (AvgIpc) is 2.94. The molecule has 0 radical (unpaired) electrons. The Bertz CT molecular complexity index is 1340. The lowest BCUT2D eigenvalue weighted by atomic mass is 10.1. The molecule has 2 amide bonds. The van der Waals surface area contributed by atoms with Gasteiger partial charge in [0.05, 0.1) is 11.5 Å². The molecule has 0 aliphatic carbocycles. The molecule has 1 aromatic heterocycles. The van der Waals surface area contributed by atoms with E-state index in [2.05, 4.69) is 10.3 Å². The predicted octanol–water partition coefficient (Wildman–Crippen LogP) is 4.39. The number of aliphatic hydroxyl groups is 1. The van der Waals surface area contributed by atoms with Crippen molar-refractivity contribution in [2.45, 2.75) is 57.1 Å². The third kappa shape index (κ3) is 9.80. The van der Waals surface area contributed by atoms with Crippen LogP contribution in [0.3, 0.4) is 0 Å². The zero-order valence-corrected chi connectivity index (χ0v) is 24.4. The number of hydrogen-bond donors (Lipinski definition) is 3. The molecular formula is C30H40FN5O4S. The van der Waals surface area contributed by atoms with Gasteiger partial charge in [0.2, 0.25) is 10.0 Å². The molecule has 41 heavy (non-hydrogen) atoms. The molecule has 0 unspecified atom stereocenters. The molecule has 4 N–H and O–H groups in total. The maximum Gasteiger partial charge on any atom is 0.318 e. The molecule has 0 aliphatic rings. The quantitative estimate of drug-likeness (QED) is 0.179. The fourth-order valence-electron chi connectivity index (χ4n) is 4.48. The number of nitrogen functional groups attached to an aromatic ring is 1. The molecule has 3 aromatic rings. The van der Waals surface area contributed by atoms with Crippen molar-refractivity contribution in [1.82, 2.24) is 19.5 Å². The number of carbonyl (C=O) groups is 1. The molecule has 1 heterocycles. The van der Waals surface area contributed by atoms with Gasteiger partial charge < -0.3 is 21.1 Å². The number of carbonyl (C=O) groups excluding carboxylic acids is 1. The lowest BCUT2D eigenvalue weighted by Gasteiger charge is -2.31. The number of sulfonamides is 1. The summed E-state index contributed by atoms with van der Waals surface area (Å²) < 4.78 is 42.0. The summed E-state index contributed by atoms with van der Waals surface area (Å²) in [5, 5.41) is 13.1. The Kier molecular flexibility index (Phi) is 12.1. The fraction of sp³-hybridized carbons (Fsp3) is 0.400. The first-order valence-corrected chi connectivity index (χ1v) is 15.2. The van der Waals surface area contributed by atoms with Gasteiger partial charge in [-0.05, 0) is 72.4 Å². The van der Waals surface area contributed by atoms with Gasteiger partial charge in [0.25, 0.3) is 0 Å². The van der Waals surface area contributed by atoms with Crippen molar-refractivity contribution in [3.8, 4) is 0 Å². The van der Waals surface area contributed by atoms with Crippen LogP contribution in [0.25, 0.3) is 0 Å². The van der Waals surface area contributed by atoms with Crippen molar-refractivity contribution in [3.05, 3.63) is 90.0 Å². The van der Waals surface area contributed by atoms with Crippen LogP contribution in [0.5, 0.6) is 0 Å². The normalized spacial score (nSPS) is 12.4. The molecule has 222 valence electrons. The number of amides is 2. The van der Waals surface area contributed by atoms with Crippen LogP contribution < -0.4 is 11.1 Å². The van der Waals surface area contributed by atoms with E-state index in [1.165, 1.54) is 28.6 Å². The number of aromatic nitrogens is 1. The second-order valence-electron chi connectivity index (χ2n) is 10.4. The van der Waals surface area contributed by atoms with Gasteiger partial charge in [0, 0.05) is 50.3 Å². The molecule has 11 heteroatoms. The van der Waals surface area contributed by atoms with E-state index in [-0.39, 0.29) is 42.4 Å². The maximum absolute atomic E-state index is 13.7. The smallest absolute Gasteiger partial charge is 0.318 e. The van der Waals surface area contributed by atoms with Crippen LogP contribution in [0.15, 0.2) is 78.0 Å². The van der Waals surface area contributed by atoms with Crippen LogP contribution in [-0.2, 0) is 23.1 Å². The molecule has 3 rings (SSSR count). The summed E-state index contributed by atoms with van der Waals surface area (Å²) in [7, 11) is -3.84. The number of nitrogens with zero attached hydrogens (tertiary/aromatic N) is 3. The number of urea groups is 1. The molecule has 9 nitrogen and oxygen atoms in total. The highest BCUT2D eigenvalue weighted by atomic mass is 32.2. The Balaban J connectivity index is 1.60. The second kappa shape index (κ2) is 15.5. The van der Waals surface area contributed by atoms with Crippen LogP contribution >= 0.6 is 0 Å². The molecule has 0 bridgehead atoms. The molecule has 0 saturated heterocycles. The van der Waals surface area contributed by atoms with Gasteiger partial charge in [0.15, 0.2) is 0 Å². The summed E-state index contributed by atoms with van der Waals surface area (Å²) in [6, 6.07) is 14.9. The molecular weight excluding hydrogens is 545 g/mol. The summed E-state index contributed by atoms with van der Waals surface area (Å²) in [6.45, 7) is 4.68. The number of anilines is 1. The van der Waals surface area contributed by atoms with Crippen LogP contribution in [0, 0.1) is 11.7 Å². The third-order valence-electron chi connectivity index (χ3n) is 6.54. The van der Waals surface area contributed by atoms with Gasteiger partial charge in [-0.3, -0.25) is 4.98 Å². The largest absolute Gasteiger partial charge is 0.399 e. The number of rotatable bonds is 15. The highest BCUT2D eigenvalue weighted by Gasteiger charge is 2.31. The monoisotopic (exact) mass is 585 g/mol. The molecule has 2 aromatic carbocycles. The summed E-state index contributed by atoms with van der Waals surface area (Å²) in [6.07, 6.45) is 4.94. The molecule has 0 fully saturated rings. The van der Waals surface area contributed by atoms with Crippen molar-refractivity contribution < 1.29 is 22.7 Å². The van der Waals surface area contributed by atoms with E-state index in [1.807, 2.05) is 19.9 Å². The Hall–Kier alpha value is -3.54. The number of halogens is 1. The SMILES string of the molecule is CC(C)CN([C@H](CO)CCCCNC(=O)N(Cc1cccnc1)Cc1cccc(F)c1)S(=O)(=O)c1ccc(N)cc1. The van der Waals surface area contributed by atoms with Gasteiger partial charge in [-0.1, -0.05) is 38.5 Å². The summed E-state index contributed by atoms with van der Waals surface area (Å²) >= 11 is 0. The minimum Gasteiger partial charge on any atom is -0.399 e. The minimum absolute atomic E-state index is 0.0517. The Morgan fingerprint density at radius 3 is 2.39 bits per heavy atom. The summed E-state index contributed by atoms with van der Waals surface area (Å²) in [5.41, 5.74) is 7.71. The number of hydrogen-bond acceptors (Lipinski definition) is 6. The standard InChI is InChI=1S/C30H40FN5O4S/c1-23(2)19-36(41(39,40)29-13-11-27(32)12-14-29)28(22-37)10-3-4-16-34-30(38)35(21-25-8-6-15-33-18-25)20-24-7-5-9-26(31)17-24/h5-9,11-15,17-18,23,28,37H,3-4,10,16,19-22,32H2,1-2H3,(H,34,38)/t28-/m0/s1. The Morgan fingerprint density at radius 1 is 1.05 bits per heavy atom. The van der Waals surface area contributed by atoms with Gasteiger partial charge in [0.1, 0.15) is 5.82 Å². The molecule has 0 spiro atoms. The van der Waals surface area contributed by atoms with E-state index in [9.17, 15) is 22.7 Å². The van der Waals surface area contributed by atoms with Crippen molar-refractivity contribution in [3.63, 3.8) is 0 Å². The fourth-order valence-corrected chi connectivity index (χ4v) is 6.29. The third-order valence-corrected chi connectivity index (χ3v) is 8.47. The van der Waals surface area contributed by atoms with E-state index in [4.69, 9.17) is 5.73 Å². The zero-order valence-electron chi connectivity index (χ0n) is 23.6. The van der Waals surface area contributed by atoms with Crippen LogP contribution in [-0.4, -0.2) is 59.5 Å². The number of benzene rings is 2. The predicted molar refractivity (Wildman–Crippen MR) is 158 cm³/mol. The van der Waals surface area contributed by atoms with Crippen LogP contribution in [0.4, 0.5) is 14.9 Å². The lowest BCUT2D eigenvalue weighted by molar-refractivity contribution is 0.167. The number of aliphatic hydroxyl groups excluding tert-OH is 1. The topological polar surface area (TPSA) is 129 Å². The lowest BCUT2D eigenvalue weighted by Crippen LogP contribution is -2.44. The first-order chi connectivity index (χ1) is 19.6. The van der Waals surface area contributed by atoms with Gasteiger partial charge in [-0.15, -0.1) is 0 Å². The van der Waals surface area contributed by atoms with Crippen molar-refractivity contribution in [1.29, 1.82) is 0 Å².